The lowest BCUT2D eigenvalue weighted by atomic mass is 9.99. The third-order valence-corrected chi connectivity index (χ3v) is 9.12. The molecule has 3 amide bonds. The van der Waals surface area contributed by atoms with Gasteiger partial charge in [0.25, 0.3) is 5.91 Å². The molecular weight excluding hydrogens is 601 g/mol. The third-order valence-electron chi connectivity index (χ3n) is 7.28. The zero-order valence-corrected chi connectivity index (χ0v) is 25.0. The van der Waals surface area contributed by atoms with Crippen LogP contribution >= 0.6 is 0 Å². The van der Waals surface area contributed by atoms with Crippen molar-refractivity contribution in [3.8, 4) is 5.75 Å². The molecule has 0 saturated heterocycles. The SMILES string of the molecule is C[C@@H]1CN([C@H](C)CO)C(=O)c2cc(NC(=O)Nc3ccc(C(F)(F)F)cc3)ccc2O[C@@H]1CN(C)S(=O)(=O)c1ccccc1. The zero-order valence-electron chi connectivity index (χ0n) is 24.2. The van der Waals surface area contributed by atoms with Crippen molar-refractivity contribution >= 4 is 33.3 Å². The number of amides is 3. The Balaban J connectivity index is 1.58. The summed E-state index contributed by atoms with van der Waals surface area (Å²) in [6, 6.07) is 14.9. The van der Waals surface area contributed by atoms with Crippen molar-refractivity contribution in [3.63, 3.8) is 0 Å². The number of aliphatic hydroxyl groups excluding tert-OH is 1. The smallest absolute Gasteiger partial charge is 0.416 e. The van der Waals surface area contributed by atoms with Crippen molar-refractivity contribution in [1.29, 1.82) is 0 Å². The van der Waals surface area contributed by atoms with Gasteiger partial charge in [0.15, 0.2) is 0 Å². The van der Waals surface area contributed by atoms with E-state index in [9.17, 15) is 36.3 Å². The van der Waals surface area contributed by atoms with Crippen LogP contribution in [0.1, 0.15) is 29.8 Å². The number of nitrogens with zero attached hydrogens (tertiary/aromatic N) is 2. The van der Waals surface area contributed by atoms with Crippen LogP contribution in [0.2, 0.25) is 0 Å². The number of ether oxygens (including phenoxy) is 1. The number of halogens is 3. The Labute approximate surface area is 253 Å². The standard InChI is InChI=1S/C30H33F3N4O6S/c1-19-16-37(20(2)18-38)28(39)25-15-23(35-29(40)34-22-11-9-21(10-12-22)30(31,32)33)13-14-26(25)43-27(19)17-36(3)44(41,42)24-7-5-4-6-8-24/h4-15,19-20,27,38H,16-18H2,1-3H3,(H2,34,35,40)/t19-,20-,27-/m1/s1. The number of rotatable bonds is 8. The lowest BCUT2D eigenvalue weighted by molar-refractivity contribution is -0.137. The van der Waals surface area contributed by atoms with Gasteiger partial charge in [-0.2, -0.15) is 17.5 Å². The Hall–Kier alpha value is -4.14. The average Bonchev–Trinajstić information content (AvgIpc) is 2.99. The first-order valence-electron chi connectivity index (χ1n) is 13.7. The maximum absolute atomic E-state index is 13.7. The second kappa shape index (κ2) is 13.2. The fourth-order valence-electron chi connectivity index (χ4n) is 4.68. The second-order valence-corrected chi connectivity index (χ2v) is 12.6. The lowest BCUT2D eigenvalue weighted by Crippen LogP contribution is -2.50. The average molecular weight is 635 g/mol. The summed E-state index contributed by atoms with van der Waals surface area (Å²) in [5, 5.41) is 14.9. The maximum atomic E-state index is 13.7. The van der Waals surface area contributed by atoms with E-state index in [1.807, 2.05) is 6.92 Å². The third kappa shape index (κ3) is 7.49. The van der Waals surface area contributed by atoms with Gasteiger partial charge < -0.3 is 25.4 Å². The Kier molecular flexibility index (Phi) is 9.86. The molecule has 0 spiro atoms. The molecule has 0 aromatic heterocycles. The number of hydrogen-bond acceptors (Lipinski definition) is 6. The van der Waals surface area contributed by atoms with Crippen LogP contribution in [-0.4, -0.2) is 73.6 Å². The summed E-state index contributed by atoms with van der Waals surface area (Å²) in [5.41, 5.74) is -0.476. The molecule has 4 rings (SSSR count). The van der Waals surface area contributed by atoms with Gasteiger partial charge in [-0.3, -0.25) is 4.79 Å². The molecule has 1 heterocycles. The van der Waals surface area contributed by atoms with Gasteiger partial charge in [0.2, 0.25) is 10.0 Å². The molecule has 3 aromatic rings. The summed E-state index contributed by atoms with van der Waals surface area (Å²) >= 11 is 0. The molecule has 0 aliphatic carbocycles. The van der Waals surface area contributed by atoms with Gasteiger partial charge in [-0.25, -0.2) is 13.2 Å². The summed E-state index contributed by atoms with van der Waals surface area (Å²) in [7, 11) is -2.39. The van der Waals surface area contributed by atoms with E-state index < -0.39 is 45.8 Å². The minimum absolute atomic E-state index is 0.0388. The number of carbonyl (C=O) groups is 2. The van der Waals surface area contributed by atoms with Crippen LogP contribution in [0.15, 0.2) is 77.7 Å². The summed E-state index contributed by atoms with van der Waals surface area (Å²) < 4.78 is 72.3. The molecule has 1 aliphatic heterocycles. The van der Waals surface area contributed by atoms with Crippen molar-refractivity contribution in [2.75, 3.05) is 37.4 Å². The van der Waals surface area contributed by atoms with E-state index in [4.69, 9.17) is 4.74 Å². The van der Waals surface area contributed by atoms with E-state index in [1.54, 1.807) is 25.1 Å². The first kappa shape index (κ1) is 32.8. The topological polar surface area (TPSA) is 128 Å². The number of likely N-dealkylation sites (N-methyl/N-ethyl adjacent to an activating group) is 1. The summed E-state index contributed by atoms with van der Waals surface area (Å²) in [5.74, 6) is -0.661. The molecule has 236 valence electrons. The van der Waals surface area contributed by atoms with E-state index in [0.717, 1.165) is 24.3 Å². The second-order valence-electron chi connectivity index (χ2n) is 10.6. The summed E-state index contributed by atoms with van der Waals surface area (Å²) in [6.07, 6.45) is -5.21. The van der Waals surface area contributed by atoms with Gasteiger partial charge in [0, 0.05) is 30.9 Å². The molecule has 0 radical (unpaired) electrons. The molecule has 3 aromatic carbocycles. The molecule has 0 bridgehead atoms. The van der Waals surface area contributed by atoms with Crippen LogP contribution in [0.3, 0.4) is 0 Å². The minimum Gasteiger partial charge on any atom is -0.488 e. The van der Waals surface area contributed by atoms with Crippen LogP contribution in [0.5, 0.6) is 5.75 Å². The summed E-state index contributed by atoms with van der Waals surface area (Å²) in [4.78, 5) is 27.9. The van der Waals surface area contributed by atoms with Crippen LogP contribution in [-0.2, 0) is 16.2 Å². The van der Waals surface area contributed by atoms with Gasteiger partial charge in [-0.15, -0.1) is 0 Å². The van der Waals surface area contributed by atoms with Gasteiger partial charge >= 0.3 is 12.2 Å². The zero-order chi connectivity index (χ0) is 32.2. The number of alkyl halides is 3. The predicted octanol–water partition coefficient (Wildman–Crippen LogP) is 4.89. The van der Waals surface area contributed by atoms with E-state index in [2.05, 4.69) is 10.6 Å². The largest absolute Gasteiger partial charge is 0.488 e. The van der Waals surface area contributed by atoms with Crippen molar-refractivity contribution in [3.05, 3.63) is 83.9 Å². The number of urea groups is 1. The Morgan fingerprint density at radius 3 is 2.30 bits per heavy atom. The van der Waals surface area contributed by atoms with Gasteiger partial charge in [-0.1, -0.05) is 25.1 Å². The normalized spacial score (nSPS) is 18.1. The highest BCUT2D eigenvalue weighted by atomic mass is 32.2. The van der Waals surface area contributed by atoms with Crippen LogP contribution in [0, 0.1) is 5.92 Å². The molecule has 3 N–H and O–H groups in total. The lowest BCUT2D eigenvalue weighted by Gasteiger charge is -2.38. The molecule has 0 fully saturated rings. The van der Waals surface area contributed by atoms with Crippen molar-refractivity contribution in [1.82, 2.24) is 9.21 Å². The molecule has 1 aliphatic rings. The number of aliphatic hydroxyl groups is 1. The molecule has 0 saturated carbocycles. The van der Waals surface area contributed by atoms with Crippen molar-refractivity contribution in [2.24, 2.45) is 5.92 Å². The quantitative estimate of drug-likeness (QED) is 0.324. The fraction of sp³-hybridized carbons (Fsp3) is 0.333. The highest BCUT2D eigenvalue weighted by Crippen LogP contribution is 2.32. The van der Waals surface area contributed by atoms with E-state index in [-0.39, 0.29) is 53.2 Å². The number of carbonyl (C=O) groups excluding carboxylic acids is 2. The number of benzene rings is 3. The fourth-order valence-corrected chi connectivity index (χ4v) is 5.88. The molecule has 0 unspecified atom stereocenters. The van der Waals surface area contributed by atoms with Gasteiger partial charge in [-0.05, 0) is 61.5 Å². The van der Waals surface area contributed by atoms with Gasteiger partial charge in [0.05, 0.1) is 35.2 Å². The van der Waals surface area contributed by atoms with E-state index in [1.165, 1.54) is 46.6 Å². The molecule has 14 heteroatoms. The molecular formula is C30H33F3N4O6S. The first-order chi connectivity index (χ1) is 20.7. The number of fused-ring (bicyclic) bond motifs is 1. The summed E-state index contributed by atoms with van der Waals surface area (Å²) in [6.45, 7) is 3.28. The van der Waals surface area contributed by atoms with Crippen molar-refractivity contribution in [2.45, 2.75) is 37.1 Å². The van der Waals surface area contributed by atoms with Crippen LogP contribution < -0.4 is 15.4 Å². The Morgan fingerprint density at radius 2 is 1.68 bits per heavy atom. The number of nitrogens with one attached hydrogen (secondary N) is 2. The highest BCUT2D eigenvalue weighted by Gasteiger charge is 2.35. The first-order valence-corrected chi connectivity index (χ1v) is 15.1. The van der Waals surface area contributed by atoms with E-state index in [0.29, 0.717) is 0 Å². The number of anilines is 2. The molecule has 44 heavy (non-hydrogen) atoms. The van der Waals surface area contributed by atoms with Crippen LogP contribution in [0.25, 0.3) is 0 Å². The number of sulfonamides is 1. The van der Waals surface area contributed by atoms with Gasteiger partial charge in [0.1, 0.15) is 11.9 Å². The minimum atomic E-state index is -4.51. The monoisotopic (exact) mass is 634 g/mol. The number of hydrogen-bond donors (Lipinski definition) is 3. The molecule has 10 nitrogen and oxygen atoms in total. The van der Waals surface area contributed by atoms with Crippen molar-refractivity contribution < 1.29 is 41.0 Å². The Morgan fingerprint density at radius 1 is 1.07 bits per heavy atom. The Bertz CT molecular complexity index is 1590. The predicted molar refractivity (Wildman–Crippen MR) is 158 cm³/mol. The maximum Gasteiger partial charge on any atom is 0.416 e. The van der Waals surface area contributed by atoms with E-state index >= 15 is 0 Å². The highest BCUT2D eigenvalue weighted by molar-refractivity contribution is 7.89. The molecule has 3 atom stereocenters. The van der Waals surface area contributed by atoms with Crippen LogP contribution in [0.4, 0.5) is 29.3 Å².